The van der Waals surface area contributed by atoms with Gasteiger partial charge in [0.2, 0.25) is 0 Å². The van der Waals surface area contributed by atoms with E-state index in [1.54, 1.807) is 5.32 Å². The number of hydrogen-bond acceptors (Lipinski definition) is 2. The lowest BCUT2D eigenvalue weighted by atomic mass is 10.4. The molecule has 0 bridgehead atoms. The minimum Gasteiger partial charge on any atom is -0.348 e. The molecular weight excluding hydrogens is 161 g/mol. The second-order valence-corrected chi connectivity index (χ2v) is 1.75. The highest BCUT2D eigenvalue weighted by atomic mass is 19.4. The third-order valence-corrected chi connectivity index (χ3v) is 0.832. The molecule has 0 aliphatic rings. The van der Waals surface area contributed by atoms with Crippen molar-refractivity contribution in [3.63, 3.8) is 0 Å². The monoisotopic (exact) mass is 168 g/mol. The van der Waals surface area contributed by atoms with Crippen LogP contribution in [-0.2, 0) is 4.79 Å². The highest BCUT2D eigenvalue weighted by Gasteiger charge is 2.37. The Kier molecular flexibility index (Phi) is 3.56. The van der Waals surface area contributed by atoms with Gasteiger partial charge in [0.1, 0.15) is 0 Å². The molecule has 0 unspecified atom stereocenters. The van der Waals surface area contributed by atoms with E-state index in [0.717, 1.165) is 6.21 Å². The van der Waals surface area contributed by atoms with Crippen LogP contribution in [0.15, 0.2) is 0 Å². The van der Waals surface area contributed by atoms with E-state index in [2.05, 4.69) is 0 Å². The van der Waals surface area contributed by atoms with Crippen LogP contribution >= 0.6 is 0 Å². The Labute approximate surface area is 61.1 Å². The third-order valence-electron chi connectivity index (χ3n) is 0.832. The largest absolute Gasteiger partial charge is 0.471 e. The Hall–Kier alpha value is -1.07. The molecule has 64 valence electrons. The van der Waals surface area contributed by atoms with Crippen LogP contribution in [0, 0.1) is 5.41 Å². The van der Waals surface area contributed by atoms with Gasteiger partial charge in [-0.3, -0.25) is 4.79 Å². The van der Waals surface area contributed by atoms with E-state index in [4.69, 9.17) is 5.41 Å². The molecule has 2 N–H and O–H groups in total. The molecule has 0 aromatic heterocycles. The molecule has 0 saturated heterocycles. The highest BCUT2D eigenvalue weighted by molar-refractivity contribution is 5.81. The van der Waals surface area contributed by atoms with Crippen molar-refractivity contribution in [1.29, 1.82) is 5.41 Å². The second-order valence-electron chi connectivity index (χ2n) is 1.75. The Bertz CT molecular complexity index is 154. The van der Waals surface area contributed by atoms with Gasteiger partial charge in [0.15, 0.2) is 0 Å². The molecule has 0 fully saturated rings. The second kappa shape index (κ2) is 3.95. The number of rotatable bonds is 3. The number of carbonyl (C=O) groups is 1. The van der Waals surface area contributed by atoms with Crippen LogP contribution in [0.3, 0.4) is 0 Å². The van der Waals surface area contributed by atoms with Crippen LogP contribution < -0.4 is 5.32 Å². The lowest BCUT2D eigenvalue weighted by Crippen LogP contribution is -2.37. The average Bonchev–Trinajstić information content (AvgIpc) is 1.86. The first-order chi connectivity index (χ1) is 4.98. The fraction of sp³-hybridized carbons (Fsp3) is 0.600. The van der Waals surface area contributed by atoms with Crippen molar-refractivity contribution in [3.05, 3.63) is 0 Å². The average molecular weight is 168 g/mol. The number of alkyl halides is 3. The molecule has 6 heteroatoms. The van der Waals surface area contributed by atoms with Gasteiger partial charge < -0.3 is 10.7 Å². The van der Waals surface area contributed by atoms with E-state index in [0.29, 0.717) is 0 Å². The van der Waals surface area contributed by atoms with Gasteiger partial charge >= 0.3 is 12.1 Å². The summed E-state index contributed by atoms with van der Waals surface area (Å²) in [7, 11) is 0. The maximum atomic E-state index is 11.4. The van der Waals surface area contributed by atoms with Crippen molar-refractivity contribution in [3.8, 4) is 0 Å². The summed E-state index contributed by atoms with van der Waals surface area (Å²) < 4.78 is 34.2. The summed E-state index contributed by atoms with van der Waals surface area (Å²) in [6, 6.07) is 0. The summed E-state index contributed by atoms with van der Waals surface area (Å²) in [4.78, 5) is 10.0. The zero-order chi connectivity index (χ0) is 8.91. The Balaban J connectivity index is 3.62. The van der Waals surface area contributed by atoms with E-state index in [-0.39, 0.29) is 13.0 Å². The Morgan fingerprint density at radius 2 is 2.09 bits per heavy atom. The predicted molar refractivity (Wildman–Crippen MR) is 32.5 cm³/mol. The first-order valence-electron chi connectivity index (χ1n) is 2.82. The zero-order valence-corrected chi connectivity index (χ0v) is 5.53. The van der Waals surface area contributed by atoms with E-state index in [1.165, 1.54) is 0 Å². The fourth-order valence-corrected chi connectivity index (χ4v) is 0.358. The zero-order valence-electron chi connectivity index (χ0n) is 5.53. The quantitative estimate of drug-likeness (QED) is 0.473. The van der Waals surface area contributed by atoms with E-state index in [9.17, 15) is 18.0 Å². The van der Waals surface area contributed by atoms with Crippen LogP contribution in [0.1, 0.15) is 6.42 Å². The fourth-order valence-electron chi connectivity index (χ4n) is 0.358. The molecule has 0 radical (unpaired) electrons. The lowest BCUT2D eigenvalue weighted by Gasteiger charge is -2.05. The molecule has 0 saturated carbocycles. The third kappa shape index (κ3) is 4.35. The Morgan fingerprint density at radius 1 is 1.55 bits per heavy atom. The van der Waals surface area contributed by atoms with Crippen LogP contribution in [0.5, 0.6) is 0 Å². The predicted octanol–water partition coefficient (Wildman–Crippen LogP) is 0.705. The first kappa shape index (κ1) is 9.93. The molecule has 0 aromatic rings. The molecule has 0 spiro atoms. The molecule has 0 aliphatic heterocycles. The minimum absolute atomic E-state index is 0.113. The standard InChI is InChI=1S/C5H7F3N2O/c6-5(7,8)4(11)10-3-1-2-9/h2,9H,1,3H2,(H,10,11). The Morgan fingerprint density at radius 3 is 2.45 bits per heavy atom. The summed E-state index contributed by atoms with van der Waals surface area (Å²) in [6.45, 7) is -0.151. The number of nitrogens with one attached hydrogen (secondary N) is 2. The van der Waals surface area contributed by atoms with Crippen molar-refractivity contribution in [2.75, 3.05) is 6.54 Å². The molecule has 0 rings (SSSR count). The summed E-state index contributed by atoms with van der Waals surface area (Å²) in [5, 5.41) is 8.05. The normalized spacial score (nSPS) is 10.8. The smallest absolute Gasteiger partial charge is 0.348 e. The maximum absolute atomic E-state index is 11.4. The minimum atomic E-state index is -4.82. The molecule has 0 aromatic carbocycles. The number of amides is 1. The number of hydrogen-bond donors (Lipinski definition) is 2. The summed E-state index contributed by atoms with van der Waals surface area (Å²) >= 11 is 0. The summed E-state index contributed by atoms with van der Waals surface area (Å²) in [6.07, 6.45) is -3.78. The van der Waals surface area contributed by atoms with Gasteiger partial charge in [0.05, 0.1) is 0 Å². The number of carbonyl (C=O) groups excluding carboxylic acids is 1. The van der Waals surface area contributed by atoms with E-state index in [1.807, 2.05) is 0 Å². The van der Waals surface area contributed by atoms with Crippen molar-refractivity contribution in [2.24, 2.45) is 0 Å². The van der Waals surface area contributed by atoms with Crippen molar-refractivity contribution < 1.29 is 18.0 Å². The van der Waals surface area contributed by atoms with Crippen LogP contribution in [-0.4, -0.2) is 24.8 Å². The SMILES string of the molecule is N=CCCNC(=O)C(F)(F)F. The van der Waals surface area contributed by atoms with Gasteiger partial charge in [0, 0.05) is 6.54 Å². The van der Waals surface area contributed by atoms with Crippen LogP contribution in [0.2, 0.25) is 0 Å². The molecular formula is C5H7F3N2O. The van der Waals surface area contributed by atoms with E-state index >= 15 is 0 Å². The van der Waals surface area contributed by atoms with Crippen molar-refractivity contribution in [1.82, 2.24) is 5.32 Å². The first-order valence-corrected chi connectivity index (χ1v) is 2.82. The van der Waals surface area contributed by atoms with Crippen molar-refractivity contribution in [2.45, 2.75) is 12.6 Å². The van der Waals surface area contributed by atoms with E-state index < -0.39 is 12.1 Å². The lowest BCUT2D eigenvalue weighted by molar-refractivity contribution is -0.173. The number of halogens is 3. The highest BCUT2D eigenvalue weighted by Crippen LogP contribution is 2.13. The van der Waals surface area contributed by atoms with Crippen molar-refractivity contribution >= 4 is 12.1 Å². The van der Waals surface area contributed by atoms with Gasteiger partial charge in [-0.05, 0) is 12.6 Å². The molecule has 1 amide bonds. The molecule has 3 nitrogen and oxygen atoms in total. The van der Waals surface area contributed by atoms with Gasteiger partial charge in [-0.15, -0.1) is 0 Å². The molecule has 0 heterocycles. The topological polar surface area (TPSA) is 53.0 Å². The summed E-state index contributed by atoms with van der Waals surface area (Å²) in [5.74, 6) is -1.96. The van der Waals surface area contributed by atoms with Gasteiger partial charge in [-0.2, -0.15) is 13.2 Å². The molecule has 0 atom stereocenters. The van der Waals surface area contributed by atoms with Gasteiger partial charge in [0.25, 0.3) is 0 Å². The van der Waals surface area contributed by atoms with Crippen LogP contribution in [0.4, 0.5) is 13.2 Å². The molecule has 11 heavy (non-hydrogen) atoms. The maximum Gasteiger partial charge on any atom is 0.471 e. The van der Waals surface area contributed by atoms with Crippen LogP contribution in [0.25, 0.3) is 0 Å². The van der Waals surface area contributed by atoms with Gasteiger partial charge in [-0.25, -0.2) is 0 Å². The van der Waals surface area contributed by atoms with Gasteiger partial charge in [-0.1, -0.05) is 0 Å². The molecule has 0 aliphatic carbocycles. The summed E-state index contributed by atoms with van der Waals surface area (Å²) in [5.41, 5.74) is 0.